The molecule has 0 aliphatic carbocycles. The van der Waals surface area contributed by atoms with Crippen molar-refractivity contribution in [3.05, 3.63) is 53.0 Å². The first-order chi connectivity index (χ1) is 14.5. The number of benzene rings is 1. The van der Waals surface area contributed by atoms with Crippen LogP contribution in [0.1, 0.15) is 28.1 Å². The number of hydrogen-bond acceptors (Lipinski definition) is 6. The zero-order chi connectivity index (χ0) is 21.1. The number of carbonyl (C=O) groups excluding carboxylic acids is 1. The van der Waals surface area contributed by atoms with Gasteiger partial charge in [0.2, 0.25) is 0 Å². The predicted octanol–water partition coefficient (Wildman–Crippen LogP) is 4.97. The van der Waals surface area contributed by atoms with Crippen molar-refractivity contribution in [1.82, 2.24) is 9.97 Å². The van der Waals surface area contributed by atoms with Crippen LogP contribution in [0.15, 0.2) is 42.6 Å². The molecule has 1 amide bonds. The van der Waals surface area contributed by atoms with E-state index in [0.29, 0.717) is 22.2 Å². The fourth-order valence-electron chi connectivity index (χ4n) is 3.43. The Bertz CT molecular complexity index is 1030. The summed E-state index contributed by atoms with van der Waals surface area (Å²) in [5.74, 6) is 0.516. The number of amides is 1. The first kappa shape index (κ1) is 20.2. The van der Waals surface area contributed by atoms with Gasteiger partial charge in [-0.05, 0) is 56.2 Å². The lowest BCUT2D eigenvalue weighted by Crippen LogP contribution is -2.24. The fraction of sp³-hybridized carbons (Fsp3) is 0.286. The molecule has 6 nitrogen and oxygen atoms in total. The summed E-state index contributed by atoms with van der Waals surface area (Å²) in [6, 6.07) is 9.78. The second-order valence-electron chi connectivity index (χ2n) is 6.85. The zero-order valence-electron chi connectivity index (χ0n) is 16.3. The highest BCUT2D eigenvalue weighted by molar-refractivity contribution is 7.16. The summed E-state index contributed by atoms with van der Waals surface area (Å²) in [5.41, 5.74) is 1.96. The Kier molecular flexibility index (Phi) is 5.89. The summed E-state index contributed by atoms with van der Waals surface area (Å²) in [5, 5.41) is 3.34. The van der Waals surface area contributed by atoms with Crippen LogP contribution in [-0.2, 0) is 0 Å². The van der Waals surface area contributed by atoms with Gasteiger partial charge in [0.1, 0.15) is 11.6 Å². The van der Waals surface area contributed by atoms with Crippen molar-refractivity contribution in [3.63, 3.8) is 0 Å². The van der Waals surface area contributed by atoms with Crippen molar-refractivity contribution >= 4 is 28.2 Å². The average Bonchev–Trinajstić information content (AvgIpc) is 3.38. The van der Waals surface area contributed by atoms with E-state index >= 15 is 0 Å². The van der Waals surface area contributed by atoms with Crippen LogP contribution >= 0.6 is 11.3 Å². The van der Waals surface area contributed by atoms with Crippen LogP contribution in [0, 0.1) is 6.92 Å². The van der Waals surface area contributed by atoms with Gasteiger partial charge in [-0.3, -0.25) is 10.1 Å². The van der Waals surface area contributed by atoms with E-state index in [9.17, 15) is 13.6 Å². The number of anilines is 2. The summed E-state index contributed by atoms with van der Waals surface area (Å²) < 4.78 is 29.0. The van der Waals surface area contributed by atoms with E-state index < -0.39 is 6.61 Å². The van der Waals surface area contributed by atoms with Crippen LogP contribution in [0.5, 0.6) is 5.75 Å². The molecule has 3 heterocycles. The largest absolute Gasteiger partial charge is 0.435 e. The Hall–Kier alpha value is -3.07. The van der Waals surface area contributed by atoms with Gasteiger partial charge in [0, 0.05) is 29.7 Å². The molecule has 0 unspecified atom stereocenters. The number of rotatable bonds is 6. The smallest absolute Gasteiger partial charge is 0.387 e. The van der Waals surface area contributed by atoms with Crippen LogP contribution in [0.3, 0.4) is 0 Å². The Morgan fingerprint density at radius 1 is 1.20 bits per heavy atom. The number of pyridine rings is 1. The summed E-state index contributed by atoms with van der Waals surface area (Å²) in [6.07, 6.45) is 3.87. The molecule has 1 N–H and O–H groups in total. The molecule has 2 aromatic heterocycles. The van der Waals surface area contributed by atoms with Crippen molar-refractivity contribution in [2.24, 2.45) is 0 Å². The fourth-order valence-corrected chi connectivity index (χ4v) is 4.26. The maximum atomic E-state index is 12.9. The minimum atomic E-state index is -2.86. The van der Waals surface area contributed by atoms with Gasteiger partial charge in [-0.2, -0.15) is 8.78 Å². The summed E-state index contributed by atoms with van der Waals surface area (Å²) in [4.78, 5) is 24.9. The Morgan fingerprint density at radius 3 is 2.63 bits per heavy atom. The number of carbonyl (C=O) groups is 1. The number of nitrogens with zero attached hydrogens (tertiary/aromatic N) is 3. The quantitative estimate of drug-likeness (QED) is 0.598. The first-order valence-corrected chi connectivity index (χ1v) is 10.4. The molecule has 1 fully saturated rings. The van der Waals surface area contributed by atoms with Crippen molar-refractivity contribution < 1.29 is 18.3 Å². The third-order valence-corrected chi connectivity index (χ3v) is 5.69. The maximum Gasteiger partial charge on any atom is 0.387 e. The van der Waals surface area contributed by atoms with E-state index in [0.717, 1.165) is 36.4 Å². The molecule has 156 valence electrons. The maximum absolute atomic E-state index is 12.9. The van der Waals surface area contributed by atoms with Crippen molar-refractivity contribution in [2.45, 2.75) is 26.4 Å². The molecule has 30 heavy (non-hydrogen) atoms. The molecule has 1 aliphatic heterocycles. The first-order valence-electron chi connectivity index (χ1n) is 9.55. The molecule has 1 aliphatic rings. The van der Waals surface area contributed by atoms with E-state index in [1.807, 2.05) is 6.92 Å². The molecule has 0 saturated carbocycles. The Labute approximate surface area is 176 Å². The number of ether oxygens (including phenoxy) is 1. The van der Waals surface area contributed by atoms with Crippen molar-refractivity contribution in [3.8, 4) is 17.0 Å². The molecule has 0 radical (unpaired) electrons. The van der Waals surface area contributed by atoms with E-state index in [4.69, 9.17) is 0 Å². The second-order valence-corrected chi connectivity index (χ2v) is 8.05. The highest BCUT2D eigenvalue weighted by atomic mass is 32.1. The van der Waals surface area contributed by atoms with Crippen LogP contribution in [-0.4, -0.2) is 35.6 Å². The average molecular weight is 430 g/mol. The van der Waals surface area contributed by atoms with Gasteiger partial charge in [0.25, 0.3) is 5.91 Å². The lowest BCUT2D eigenvalue weighted by atomic mass is 10.1. The van der Waals surface area contributed by atoms with E-state index in [-0.39, 0.29) is 11.7 Å². The standard InChI is InChI=1S/C21H20F2N4O2S/c1-13-17(14-6-8-15(9-7-14)29-20(22)23)25-21(30-13)26-19(28)16-5-4-10-24-18(16)27-11-2-3-12-27/h4-10,20H,2-3,11-12H2,1H3,(H,25,26,28). The summed E-state index contributed by atoms with van der Waals surface area (Å²) in [7, 11) is 0. The number of nitrogens with one attached hydrogen (secondary N) is 1. The number of halogens is 2. The Morgan fingerprint density at radius 2 is 1.93 bits per heavy atom. The number of alkyl halides is 2. The van der Waals surface area contributed by atoms with E-state index in [1.54, 1.807) is 30.5 Å². The van der Waals surface area contributed by atoms with Gasteiger partial charge in [0.05, 0.1) is 11.3 Å². The van der Waals surface area contributed by atoms with Gasteiger partial charge >= 0.3 is 6.61 Å². The number of thiazole rings is 1. The highest BCUT2D eigenvalue weighted by Crippen LogP contribution is 2.32. The third kappa shape index (κ3) is 4.40. The minimum Gasteiger partial charge on any atom is -0.435 e. The topological polar surface area (TPSA) is 67.4 Å². The molecule has 0 atom stereocenters. The molecule has 4 rings (SSSR count). The van der Waals surface area contributed by atoms with Gasteiger partial charge in [-0.25, -0.2) is 9.97 Å². The van der Waals surface area contributed by atoms with Crippen molar-refractivity contribution in [1.29, 1.82) is 0 Å². The SMILES string of the molecule is Cc1sc(NC(=O)c2cccnc2N2CCCC2)nc1-c1ccc(OC(F)F)cc1. The highest BCUT2D eigenvalue weighted by Gasteiger charge is 2.21. The molecule has 1 aromatic carbocycles. The normalized spacial score (nSPS) is 13.7. The van der Waals surface area contributed by atoms with Crippen molar-refractivity contribution in [2.75, 3.05) is 23.3 Å². The van der Waals surface area contributed by atoms with Crippen LogP contribution < -0.4 is 15.0 Å². The van der Waals surface area contributed by atoms with Gasteiger partial charge < -0.3 is 9.64 Å². The molecule has 0 spiro atoms. The molecular weight excluding hydrogens is 410 g/mol. The zero-order valence-corrected chi connectivity index (χ0v) is 17.1. The third-order valence-electron chi connectivity index (χ3n) is 4.81. The molecule has 1 saturated heterocycles. The molecule has 9 heteroatoms. The molecule has 3 aromatic rings. The van der Waals surface area contributed by atoms with Gasteiger partial charge in [-0.1, -0.05) is 0 Å². The Balaban J connectivity index is 1.52. The predicted molar refractivity (Wildman–Crippen MR) is 113 cm³/mol. The van der Waals surface area contributed by atoms with Gasteiger partial charge in [0.15, 0.2) is 5.13 Å². The van der Waals surface area contributed by atoms with Crippen LogP contribution in [0.4, 0.5) is 19.7 Å². The number of aromatic nitrogens is 2. The van der Waals surface area contributed by atoms with Gasteiger partial charge in [-0.15, -0.1) is 11.3 Å². The molecular formula is C21H20F2N4O2S. The second kappa shape index (κ2) is 8.74. The minimum absolute atomic E-state index is 0.0844. The van der Waals surface area contributed by atoms with Crippen LogP contribution in [0.25, 0.3) is 11.3 Å². The van der Waals surface area contributed by atoms with E-state index in [1.165, 1.54) is 23.5 Å². The molecule has 0 bridgehead atoms. The summed E-state index contributed by atoms with van der Waals surface area (Å²) >= 11 is 1.36. The lowest BCUT2D eigenvalue weighted by Gasteiger charge is -2.19. The monoisotopic (exact) mass is 430 g/mol. The lowest BCUT2D eigenvalue weighted by molar-refractivity contribution is -0.0498. The summed E-state index contributed by atoms with van der Waals surface area (Å²) in [6.45, 7) is 0.814. The van der Waals surface area contributed by atoms with Crippen LogP contribution in [0.2, 0.25) is 0 Å². The number of hydrogen-bond donors (Lipinski definition) is 1. The number of aryl methyl sites for hydroxylation is 1. The van der Waals surface area contributed by atoms with E-state index in [2.05, 4.69) is 24.9 Å².